The quantitative estimate of drug-likeness (QED) is 0.218. The van der Waals surface area contributed by atoms with E-state index in [4.69, 9.17) is 79.1 Å². The lowest BCUT2D eigenvalue weighted by molar-refractivity contribution is -0.149. The molecule has 150 valence electrons. The fourth-order valence-electron chi connectivity index (χ4n) is 2.58. The average molecular weight is 527 g/mol. The van der Waals surface area contributed by atoms with Crippen molar-refractivity contribution in [1.29, 1.82) is 0 Å². The number of carbonyl (C=O) groups excluding carboxylic acids is 2. The lowest BCUT2D eigenvalue weighted by Crippen LogP contribution is -2.37. The minimum Gasteiger partial charge on any atom is -0.413 e. The normalized spacial score (nSPS) is 25.5. The maximum atomic E-state index is 12.1. The van der Waals surface area contributed by atoms with Crippen molar-refractivity contribution in [3.63, 3.8) is 0 Å². The molecule has 0 spiro atoms. The van der Waals surface area contributed by atoms with Crippen LogP contribution < -0.4 is 0 Å². The van der Waals surface area contributed by atoms with Crippen molar-refractivity contribution in [3.05, 3.63) is 0 Å². The van der Waals surface area contributed by atoms with Gasteiger partial charge in [0.05, 0.1) is 0 Å². The SMILES string of the molecule is O=C(OC(Cl)(Cl)Cl)C1CCCN1SSN1CCCC1C(=O)OC(Cl)(Cl)Cl. The Morgan fingerprint density at radius 3 is 1.42 bits per heavy atom. The third-order valence-electron chi connectivity index (χ3n) is 3.61. The molecule has 2 fully saturated rings. The molecule has 2 aliphatic rings. The Bertz CT molecular complexity index is 487. The zero-order valence-corrected chi connectivity index (χ0v) is 19.2. The van der Waals surface area contributed by atoms with Crippen molar-refractivity contribution >= 4 is 104 Å². The molecule has 2 heterocycles. The van der Waals surface area contributed by atoms with Gasteiger partial charge in [-0.25, -0.2) is 8.61 Å². The van der Waals surface area contributed by atoms with Crippen LogP contribution >= 0.6 is 91.6 Å². The Labute approximate surface area is 189 Å². The summed E-state index contributed by atoms with van der Waals surface area (Å²) in [7, 11) is 2.64. The Morgan fingerprint density at radius 2 is 1.12 bits per heavy atom. The van der Waals surface area contributed by atoms with E-state index in [9.17, 15) is 9.59 Å². The van der Waals surface area contributed by atoms with Gasteiger partial charge < -0.3 is 9.47 Å². The highest BCUT2D eigenvalue weighted by Crippen LogP contribution is 2.41. The largest absolute Gasteiger partial charge is 0.413 e. The monoisotopic (exact) mass is 524 g/mol. The number of halogens is 6. The third kappa shape index (κ3) is 7.61. The average Bonchev–Trinajstić information content (AvgIpc) is 3.10. The summed E-state index contributed by atoms with van der Waals surface area (Å²) in [6, 6.07) is -1.06. The van der Waals surface area contributed by atoms with Gasteiger partial charge >= 0.3 is 19.9 Å². The second kappa shape index (κ2) is 9.87. The number of carbonyl (C=O) groups is 2. The minimum absolute atomic E-state index is 0.530. The molecule has 0 aromatic carbocycles. The fourth-order valence-corrected chi connectivity index (χ4v) is 5.79. The molecule has 26 heavy (non-hydrogen) atoms. The molecule has 0 aromatic rings. The van der Waals surface area contributed by atoms with E-state index >= 15 is 0 Å². The van der Waals surface area contributed by atoms with Gasteiger partial charge in [0.25, 0.3) is 0 Å². The van der Waals surface area contributed by atoms with Gasteiger partial charge in [-0.15, -0.1) is 0 Å². The summed E-state index contributed by atoms with van der Waals surface area (Å²) in [5.74, 6) is -1.21. The number of alkyl halides is 6. The van der Waals surface area contributed by atoms with Crippen LogP contribution in [-0.4, -0.2) is 53.7 Å². The number of hydrogen-bond donors (Lipinski definition) is 0. The van der Waals surface area contributed by atoms with Crippen LogP contribution in [0.15, 0.2) is 0 Å². The molecule has 2 rings (SSSR count). The number of nitrogens with zero attached hydrogens (tertiary/aromatic N) is 2. The van der Waals surface area contributed by atoms with E-state index in [0.29, 0.717) is 25.9 Å². The van der Waals surface area contributed by atoms with E-state index < -0.39 is 32.0 Å². The second-order valence-corrected chi connectivity index (χ2v) is 12.0. The highest BCUT2D eigenvalue weighted by molar-refractivity contribution is 8.74. The summed E-state index contributed by atoms with van der Waals surface area (Å²) in [6.45, 7) is 1.32. The summed E-state index contributed by atoms with van der Waals surface area (Å²) in [5, 5.41) is 0. The van der Waals surface area contributed by atoms with Gasteiger partial charge in [0.15, 0.2) is 0 Å². The molecule has 0 amide bonds. The molecule has 14 heteroatoms. The van der Waals surface area contributed by atoms with Gasteiger partial charge in [0.2, 0.25) is 0 Å². The van der Waals surface area contributed by atoms with Crippen molar-refractivity contribution in [2.75, 3.05) is 13.1 Å². The van der Waals surface area contributed by atoms with Gasteiger partial charge in [-0.2, -0.15) is 0 Å². The highest BCUT2D eigenvalue weighted by Gasteiger charge is 2.40. The minimum atomic E-state index is -2.09. The van der Waals surface area contributed by atoms with Crippen LogP contribution in [0.25, 0.3) is 0 Å². The number of esters is 2. The number of rotatable bonds is 5. The van der Waals surface area contributed by atoms with Crippen molar-refractivity contribution in [3.8, 4) is 0 Å². The first-order valence-corrected chi connectivity index (χ1v) is 11.8. The maximum absolute atomic E-state index is 12.1. The molecule has 0 bridgehead atoms. The Balaban J connectivity index is 1.88. The van der Waals surface area contributed by atoms with Gasteiger partial charge in [0, 0.05) is 35.0 Å². The van der Waals surface area contributed by atoms with E-state index in [0.717, 1.165) is 12.8 Å². The third-order valence-corrected chi connectivity index (χ3v) is 6.74. The molecule has 0 radical (unpaired) electrons. The molecule has 2 unspecified atom stereocenters. The predicted octanol–water partition coefficient (Wildman–Crippen LogP) is 4.87. The molecule has 0 aromatic heterocycles. The molecule has 2 saturated heterocycles. The molecule has 6 nitrogen and oxygen atoms in total. The summed E-state index contributed by atoms with van der Waals surface area (Å²) in [4.78, 5) is 24.3. The first-order chi connectivity index (χ1) is 12.0. The fraction of sp³-hybridized carbons (Fsp3) is 0.833. The van der Waals surface area contributed by atoms with Crippen molar-refractivity contribution in [1.82, 2.24) is 8.61 Å². The second-order valence-electron chi connectivity index (χ2n) is 5.48. The van der Waals surface area contributed by atoms with Gasteiger partial charge in [-0.1, -0.05) is 0 Å². The highest BCUT2D eigenvalue weighted by atomic mass is 35.6. The van der Waals surface area contributed by atoms with Crippen LogP contribution in [0.3, 0.4) is 0 Å². The zero-order chi connectivity index (χ0) is 19.5. The summed E-state index contributed by atoms with van der Waals surface area (Å²) >= 11 is 33.0. The lowest BCUT2D eigenvalue weighted by Gasteiger charge is -2.27. The first kappa shape index (κ1) is 23.6. The smallest absolute Gasteiger partial charge is 0.340 e. The van der Waals surface area contributed by atoms with Crippen LogP contribution in [0.5, 0.6) is 0 Å². The van der Waals surface area contributed by atoms with E-state index in [-0.39, 0.29) is 0 Å². The van der Waals surface area contributed by atoms with Crippen LogP contribution in [0.1, 0.15) is 25.7 Å². The van der Waals surface area contributed by atoms with Crippen molar-refractivity contribution in [2.24, 2.45) is 0 Å². The Kier molecular flexibility index (Phi) is 8.95. The summed E-state index contributed by atoms with van der Waals surface area (Å²) in [6.07, 6.45) is 2.77. The molecule has 0 N–H and O–H groups in total. The van der Waals surface area contributed by atoms with E-state index in [2.05, 4.69) is 0 Å². The van der Waals surface area contributed by atoms with Crippen LogP contribution in [0.4, 0.5) is 0 Å². The van der Waals surface area contributed by atoms with Crippen LogP contribution in [0.2, 0.25) is 0 Å². The van der Waals surface area contributed by atoms with Crippen LogP contribution in [-0.2, 0) is 19.1 Å². The topological polar surface area (TPSA) is 59.1 Å². The molecule has 2 atom stereocenters. The van der Waals surface area contributed by atoms with Crippen molar-refractivity contribution < 1.29 is 19.1 Å². The van der Waals surface area contributed by atoms with E-state index in [1.165, 1.54) is 22.0 Å². The zero-order valence-electron chi connectivity index (χ0n) is 13.0. The Hall–Kier alpha value is 1.30. The van der Waals surface area contributed by atoms with E-state index in [1.54, 1.807) is 0 Å². The van der Waals surface area contributed by atoms with Gasteiger partial charge in [-0.05, 0) is 95.3 Å². The lowest BCUT2D eigenvalue weighted by atomic mass is 10.2. The molecular formula is C12H14Cl6N2O4S2. The standard InChI is InChI=1S/C12H14Cl6N2O4S2/c13-11(14,15)23-9(21)7-3-1-5-19(7)25-26-20-6-2-4-8(20)10(22)24-12(16,17)18/h7-8H,1-6H2. The van der Waals surface area contributed by atoms with Crippen LogP contribution in [0, 0.1) is 0 Å². The van der Waals surface area contributed by atoms with Crippen molar-refractivity contribution in [2.45, 2.75) is 45.7 Å². The molecule has 0 saturated carbocycles. The number of hydrogen-bond acceptors (Lipinski definition) is 8. The molecule has 2 aliphatic heterocycles. The Morgan fingerprint density at radius 1 is 0.769 bits per heavy atom. The predicted molar refractivity (Wildman–Crippen MR) is 107 cm³/mol. The molecule has 0 aliphatic carbocycles. The van der Waals surface area contributed by atoms with Gasteiger partial charge in [-0.3, -0.25) is 9.59 Å². The first-order valence-electron chi connectivity index (χ1n) is 7.43. The molecular weight excluding hydrogens is 513 g/mol. The summed E-state index contributed by atoms with van der Waals surface area (Å²) in [5.41, 5.74) is 0. The maximum Gasteiger partial charge on any atom is 0.340 e. The number of ether oxygens (including phenoxy) is 2. The van der Waals surface area contributed by atoms with E-state index in [1.807, 2.05) is 8.61 Å². The van der Waals surface area contributed by atoms with Gasteiger partial charge in [0.1, 0.15) is 12.1 Å². The summed E-state index contributed by atoms with van der Waals surface area (Å²) < 4.78 is 9.08.